The minimum absolute atomic E-state index is 0.0158. The molecule has 0 unspecified atom stereocenters. The van der Waals surface area contributed by atoms with Gasteiger partial charge in [0.15, 0.2) is 0 Å². The molecule has 6 nitrogen and oxygen atoms in total. The highest BCUT2D eigenvalue weighted by Gasteiger charge is 2.26. The highest BCUT2D eigenvalue weighted by Crippen LogP contribution is 2.27. The van der Waals surface area contributed by atoms with Crippen LogP contribution >= 0.6 is 0 Å². The number of aromatic amines is 1. The average Bonchev–Trinajstić information content (AvgIpc) is 3.24. The number of rotatable bonds is 4. The molecule has 1 aliphatic heterocycles. The van der Waals surface area contributed by atoms with Gasteiger partial charge in [0.1, 0.15) is 5.82 Å². The lowest BCUT2D eigenvalue weighted by molar-refractivity contribution is 0.241. The Morgan fingerprint density at radius 1 is 1.00 bits per heavy atom. The molecule has 2 aromatic heterocycles. The maximum absolute atomic E-state index is 12.9. The smallest absolute Gasteiger partial charge is 0.255 e. The summed E-state index contributed by atoms with van der Waals surface area (Å²) in [5.41, 5.74) is 5.76. The van der Waals surface area contributed by atoms with E-state index in [-0.39, 0.29) is 11.0 Å². The fraction of sp³-hybridized carbons (Fsp3) is 0.296. The van der Waals surface area contributed by atoms with Gasteiger partial charge in [-0.25, -0.2) is 9.67 Å². The monoisotopic (exact) mass is 439 g/mol. The number of benzene rings is 2. The molecule has 2 aromatic carbocycles. The Balaban J connectivity index is 1.46. The molecular formula is C27H29N5O. The zero-order valence-corrected chi connectivity index (χ0v) is 19.4. The first kappa shape index (κ1) is 21.3. The molecule has 1 N–H and O–H groups in total. The van der Waals surface area contributed by atoms with Crippen molar-refractivity contribution in [2.24, 2.45) is 0 Å². The predicted molar refractivity (Wildman–Crippen MR) is 130 cm³/mol. The summed E-state index contributed by atoms with van der Waals surface area (Å²) in [6.07, 6.45) is 2.88. The van der Waals surface area contributed by atoms with Crippen LogP contribution in [0.1, 0.15) is 43.4 Å². The summed E-state index contributed by atoms with van der Waals surface area (Å²) in [6, 6.07) is 20.4. The molecule has 0 atom stereocenters. The second-order valence-electron chi connectivity index (χ2n) is 9.70. The molecule has 0 fully saturated rings. The number of nitrogens with zero attached hydrogens (tertiary/aromatic N) is 4. The minimum atomic E-state index is -0.179. The number of hydrogen-bond donors (Lipinski definition) is 1. The predicted octanol–water partition coefficient (Wildman–Crippen LogP) is 4.48. The lowest BCUT2D eigenvalue weighted by Gasteiger charge is -2.28. The summed E-state index contributed by atoms with van der Waals surface area (Å²) >= 11 is 0. The lowest BCUT2D eigenvalue weighted by Crippen LogP contribution is -2.37. The Hall–Kier alpha value is -3.51. The molecule has 3 heterocycles. The Labute approximate surface area is 193 Å². The van der Waals surface area contributed by atoms with E-state index in [9.17, 15) is 4.79 Å². The number of para-hydroxylation sites is 1. The molecule has 33 heavy (non-hydrogen) atoms. The molecule has 1 aliphatic rings. The Morgan fingerprint density at radius 2 is 1.70 bits per heavy atom. The standard InChI is InChI=1S/C27H29N5O/c1-27(2,3)26-28-23-14-15-31(18-22(23)25(33)29-26)16-20-17-32(21-12-8-5-9-13-21)30-24(20)19-10-6-4-7-11-19/h4-13,17H,14-16,18H2,1-3H3,(H,28,29,33). The fourth-order valence-corrected chi connectivity index (χ4v) is 4.29. The van der Waals surface area contributed by atoms with Gasteiger partial charge in [-0.3, -0.25) is 9.69 Å². The molecule has 0 amide bonds. The summed E-state index contributed by atoms with van der Waals surface area (Å²) in [4.78, 5) is 23.0. The second kappa shape index (κ2) is 8.45. The van der Waals surface area contributed by atoms with Gasteiger partial charge >= 0.3 is 0 Å². The molecule has 6 heteroatoms. The van der Waals surface area contributed by atoms with Crippen molar-refractivity contribution >= 4 is 0 Å². The molecule has 0 spiro atoms. The van der Waals surface area contributed by atoms with Crippen molar-refractivity contribution in [3.8, 4) is 16.9 Å². The van der Waals surface area contributed by atoms with Crippen molar-refractivity contribution in [1.29, 1.82) is 0 Å². The van der Waals surface area contributed by atoms with Crippen molar-refractivity contribution in [2.45, 2.75) is 45.7 Å². The molecule has 168 valence electrons. The van der Waals surface area contributed by atoms with Crippen LogP contribution in [0, 0.1) is 0 Å². The van der Waals surface area contributed by atoms with Gasteiger partial charge in [0, 0.05) is 48.8 Å². The molecule has 5 rings (SSSR count). The zero-order chi connectivity index (χ0) is 23.0. The van der Waals surface area contributed by atoms with Crippen LogP contribution in [0.5, 0.6) is 0 Å². The Kier molecular flexibility index (Phi) is 5.46. The normalized spacial score (nSPS) is 14.3. The van der Waals surface area contributed by atoms with Crippen LogP contribution in [0.15, 0.2) is 71.7 Å². The van der Waals surface area contributed by atoms with E-state index < -0.39 is 0 Å². The Bertz CT molecular complexity index is 1320. The molecule has 0 saturated heterocycles. The van der Waals surface area contributed by atoms with Crippen LogP contribution in [0.3, 0.4) is 0 Å². The Morgan fingerprint density at radius 3 is 2.39 bits per heavy atom. The first-order valence-electron chi connectivity index (χ1n) is 11.4. The highest BCUT2D eigenvalue weighted by molar-refractivity contribution is 5.63. The van der Waals surface area contributed by atoms with E-state index in [1.54, 1.807) is 0 Å². The topological polar surface area (TPSA) is 66.8 Å². The van der Waals surface area contributed by atoms with Crippen molar-refractivity contribution in [3.63, 3.8) is 0 Å². The van der Waals surface area contributed by atoms with Gasteiger partial charge in [-0.1, -0.05) is 69.3 Å². The minimum Gasteiger partial charge on any atom is -0.310 e. The van der Waals surface area contributed by atoms with Gasteiger partial charge in [-0.2, -0.15) is 5.10 Å². The van der Waals surface area contributed by atoms with Gasteiger partial charge in [-0.05, 0) is 12.1 Å². The van der Waals surface area contributed by atoms with Crippen LogP contribution in [-0.4, -0.2) is 31.2 Å². The zero-order valence-electron chi connectivity index (χ0n) is 19.4. The third-order valence-corrected chi connectivity index (χ3v) is 6.11. The third-order valence-electron chi connectivity index (χ3n) is 6.11. The van der Waals surface area contributed by atoms with Crippen LogP contribution in [0.4, 0.5) is 0 Å². The maximum Gasteiger partial charge on any atom is 0.255 e. The number of hydrogen-bond acceptors (Lipinski definition) is 4. The van der Waals surface area contributed by atoms with Gasteiger partial charge in [-0.15, -0.1) is 0 Å². The van der Waals surface area contributed by atoms with E-state index in [0.29, 0.717) is 6.54 Å². The summed E-state index contributed by atoms with van der Waals surface area (Å²) in [6.45, 7) is 8.38. The quantitative estimate of drug-likeness (QED) is 0.509. The fourth-order valence-electron chi connectivity index (χ4n) is 4.29. The number of H-pyrrole nitrogens is 1. The van der Waals surface area contributed by atoms with E-state index in [1.807, 2.05) is 41.1 Å². The SMILES string of the molecule is CC(C)(C)c1nc2c(c(=O)[nH]1)CN(Cc1cn(-c3ccccc3)nc1-c1ccccc1)CC2. The van der Waals surface area contributed by atoms with Crippen molar-refractivity contribution in [3.05, 3.63) is 99.9 Å². The molecule has 0 saturated carbocycles. The van der Waals surface area contributed by atoms with E-state index in [0.717, 1.165) is 59.1 Å². The maximum atomic E-state index is 12.9. The van der Waals surface area contributed by atoms with E-state index >= 15 is 0 Å². The summed E-state index contributed by atoms with van der Waals surface area (Å²) in [7, 11) is 0. The highest BCUT2D eigenvalue weighted by atomic mass is 16.1. The summed E-state index contributed by atoms with van der Waals surface area (Å²) in [5, 5.41) is 4.93. The van der Waals surface area contributed by atoms with Gasteiger partial charge in [0.05, 0.1) is 22.6 Å². The molecule has 0 bridgehead atoms. The third kappa shape index (κ3) is 4.39. The molecule has 0 aliphatic carbocycles. The van der Waals surface area contributed by atoms with Gasteiger partial charge < -0.3 is 4.98 Å². The van der Waals surface area contributed by atoms with Crippen molar-refractivity contribution in [1.82, 2.24) is 24.6 Å². The number of fused-ring (bicyclic) bond motifs is 1. The van der Waals surface area contributed by atoms with Crippen LogP contribution in [0.2, 0.25) is 0 Å². The molecular weight excluding hydrogens is 410 g/mol. The van der Waals surface area contributed by atoms with E-state index in [1.165, 1.54) is 0 Å². The number of nitrogens with one attached hydrogen (secondary N) is 1. The first-order valence-corrected chi connectivity index (χ1v) is 11.4. The molecule has 4 aromatic rings. The average molecular weight is 440 g/mol. The van der Waals surface area contributed by atoms with Gasteiger partial charge in [0.25, 0.3) is 5.56 Å². The first-order chi connectivity index (χ1) is 15.9. The van der Waals surface area contributed by atoms with Gasteiger partial charge in [0.2, 0.25) is 0 Å². The molecule has 0 radical (unpaired) electrons. The van der Waals surface area contributed by atoms with Crippen LogP contribution in [0.25, 0.3) is 16.9 Å². The number of aromatic nitrogens is 4. The summed E-state index contributed by atoms with van der Waals surface area (Å²) < 4.78 is 1.94. The summed E-state index contributed by atoms with van der Waals surface area (Å²) in [5.74, 6) is 0.759. The van der Waals surface area contributed by atoms with Crippen molar-refractivity contribution in [2.75, 3.05) is 6.54 Å². The van der Waals surface area contributed by atoms with E-state index in [2.05, 4.69) is 61.1 Å². The van der Waals surface area contributed by atoms with Crippen LogP contribution in [-0.2, 0) is 24.9 Å². The lowest BCUT2D eigenvalue weighted by atomic mass is 9.95. The van der Waals surface area contributed by atoms with Crippen molar-refractivity contribution < 1.29 is 0 Å². The van der Waals surface area contributed by atoms with Crippen LogP contribution < -0.4 is 5.56 Å². The largest absolute Gasteiger partial charge is 0.310 e. The second-order valence-corrected chi connectivity index (χ2v) is 9.70. The van der Waals surface area contributed by atoms with E-state index in [4.69, 9.17) is 10.1 Å².